The normalized spacial score (nSPS) is 25.0. The first-order valence-electron chi connectivity index (χ1n) is 8.19. The number of hydrogen-bond acceptors (Lipinski definition) is 8. The van der Waals surface area contributed by atoms with E-state index in [1.54, 1.807) is 19.0 Å². The van der Waals surface area contributed by atoms with Gasteiger partial charge in [0.15, 0.2) is 9.84 Å². The molecule has 2 aliphatic heterocycles. The molecule has 1 aromatic rings. The third-order valence-corrected chi connectivity index (χ3v) is 6.35. The van der Waals surface area contributed by atoms with Gasteiger partial charge >= 0.3 is 6.03 Å². The number of rotatable bonds is 3. The first-order chi connectivity index (χ1) is 12.2. The van der Waals surface area contributed by atoms with Crippen LogP contribution >= 0.6 is 0 Å². The van der Waals surface area contributed by atoms with E-state index >= 15 is 0 Å². The average molecular weight is 386 g/mol. The summed E-state index contributed by atoms with van der Waals surface area (Å²) in [7, 11) is 1.51. The molecule has 26 heavy (non-hydrogen) atoms. The monoisotopic (exact) mass is 386 g/mol. The van der Waals surface area contributed by atoms with Gasteiger partial charge in [-0.2, -0.15) is 4.98 Å². The number of urea groups is 1. The van der Waals surface area contributed by atoms with Crippen molar-refractivity contribution in [2.45, 2.75) is 18.6 Å². The van der Waals surface area contributed by atoms with E-state index in [4.69, 9.17) is 4.52 Å². The third kappa shape index (κ3) is 3.51. The Morgan fingerprint density at radius 3 is 2.62 bits per heavy atom. The summed E-state index contributed by atoms with van der Waals surface area (Å²) in [4.78, 5) is 32.9. The Morgan fingerprint density at radius 1 is 1.27 bits per heavy atom. The minimum atomic E-state index is -3.24. The van der Waals surface area contributed by atoms with Crippen LogP contribution in [0.25, 0.3) is 0 Å². The Morgan fingerprint density at radius 2 is 1.96 bits per heavy atom. The average Bonchev–Trinajstić information content (AvgIpc) is 3.17. The highest BCUT2D eigenvalue weighted by Gasteiger charge is 2.48. The van der Waals surface area contributed by atoms with Crippen LogP contribution in [0.3, 0.4) is 0 Å². The van der Waals surface area contributed by atoms with Crippen molar-refractivity contribution in [3.8, 4) is 0 Å². The van der Waals surface area contributed by atoms with Gasteiger partial charge in [-0.05, 0) is 0 Å². The molecule has 2 saturated heterocycles. The van der Waals surface area contributed by atoms with Gasteiger partial charge < -0.3 is 19.6 Å². The highest BCUT2D eigenvalue weighted by molar-refractivity contribution is 7.91. The molecule has 3 amide bonds. The fraction of sp³-hybridized carbons (Fsp3) is 0.714. The van der Waals surface area contributed by atoms with Gasteiger partial charge in [-0.1, -0.05) is 5.16 Å². The van der Waals surface area contributed by atoms with Crippen molar-refractivity contribution >= 4 is 21.8 Å². The first kappa shape index (κ1) is 18.6. The standard InChI is InChI=1S/C14H22N6O5S/c1-15-13(21)12-16-11(25-17-12)6-19-4-5-20(14(22)18(2)3)10-8-26(23,24)7-9(10)19/h9-10H,4-8H2,1-3H3,(H,15,21)/t9-,10+/m0/s1. The molecule has 0 aromatic carbocycles. The summed E-state index contributed by atoms with van der Waals surface area (Å²) in [5.41, 5.74) is 0. The SMILES string of the molecule is CNC(=O)c1noc(CN2CCN(C(=O)N(C)C)[C@@H]3CS(=O)(=O)C[C@@H]32)n1. The second-order valence-corrected chi connectivity index (χ2v) is 8.80. The van der Waals surface area contributed by atoms with Crippen LogP contribution in [0.2, 0.25) is 0 Å². The lowest BCUT2D eigenvalue weighted by Crippen LogP contribution is -2.61. The van der Waals surface area contributed by atoms with E-state index < -0.39 is 21.8 Å². The molecule has 0 saturated carbocycles. The van der Waals surface area contributed by atoms with Gasteiger partial charge in [-0.3, -0.25) is 9.69 Å². The Hall–Kier alpha value is -2.21. The molecular formula is C14H22N6O5S. The fourth-order valence-corrected chi connectivity index (χ4v) is 5.42. The molecule has 2 aliphatic rings. The second-order valence-electron chi connectivity index (χ2n) is 6.64. The van der Waals surface area contributed by atoms with Gasteiger partial charge in [0.2, 0.25) is 5.89 Å². The zero-order chi connectivity index (χ0) is 19.1. The predicted molar refractivity (Wildman–Crippen MR) is 90.1 cm³/mol. The summed E-state index contributed by atoms with van der Waals surface area (Å²) < 4.78 is 29.5. The van der Waals surface area contributed by atoms with E-state index in [2.05, 4.69) is 15.5 Å². The third-order valence-electron chi connectivity index (χ3n) is 4.66. The summed E-state index contributed by atoms with van der Waals surface area (Å²) in [6.07, 6.45) is 0. The van der Waals surface area contributed by atoms with Crippen molar-refractivity contribution in [2.75, 3.05) is 45.7 Å². The largest absolute Gasteiger partial charge is 0.352 e. The van der Waals surface area contributed by atoms with Gasteiger partial charge in [-0.25, -0.2) is 13.2 Å². The molecule has 1 N–H and O–H groups in total. The minimum Gasteiger partial charge on any atom is -0.352 e. The predicted octanol–water partition coefficient (Wildman–Crippen LogP) is -1.61. The van der Waals surface area contributed by atoms with Crippen LogP contribution in [0.4, 0.5) is 4.79 Å². The summed E-state index contributed by atoms with van der Waals surface area (Å²) in [6.45, 7) is 1.11. The Balaban J connectivity index is 1.79. The topological polar surface area (TPSA) is 129 Å². The molecule has 12 heteroatoms. The van der Waals surface area contributed by atoms with Crippen molar-refractivity contribution in [1.82, 2.24) is 30.2 Å². The molecule has 0 aliphatic carbocycles. The second kappa shape index (κ2) is 6.83. The molecule has 2 fully saturated rings. The number of piperazine rings is 1. The molecule has 3 rings (SSSR count). The van der Waals surface area contributed by atoms with Crippen molar-refractivity contribution in [3.05, 3.63) is 11.7 Å². The highest BCUT2D eigenvalue weighted by Crippen LogP contribution is 2.28. The van der Waals surface area contributed by atoms with Crippen molar-refractivity contribution in [2.24, 2.45) is 0 Å². The molecule has 0 spiro atoms. The number of sulfone groups is 1. The molecule has 11 nitrogen and oxygen atoms in total. The van der Waals surface area contributed by atoms with Crippen LogP contribution in [0.5, 0.6) is 0 Å². The van der Waals surface area contributed by atoms with E-state index in [1.807, 2.05) is 4.90 Å². The Kier molecular flexibility index (Phi) is 4.88. The molecule has 0 unspecified atom stereocenters. The van der Waals surface area contributed by atoms with E-state index in [0.29, 0.717) is 13.1 Å². The number of carbonyl (C=O) groups is 2. The summed E-state index contributed by atoms with van der Waals surface area (Å²) >= 11 is 0. The molecule has 0 bridgehead atoms. The lowest BCUT2D eigenvalue weighted by atomic mass is 10.1. The van der Waals surface area contributed by atoms with Gasteiger partial charge in [0.05, 0.1) is 24.1 Å². The lowest BCUT2D eigenvalue weighted by molar-refractivity contribution is 0.0461. The summed E-state index contributed by atoms with van der Waals surface area (Å²) in [5, 5.41) is 6.03. The van der Waals surface area contributed by atoms with E-state index in [1.165, 1.54) is 11.9 Å². The van der Waals surface area contributed by atoms with Gasteiger partial charge in [-0.15, -0.1) is 0 Å². The highest BCUT2D eigenvalue weighted by atomic mass is 32.2. The van der Waals surface area contributed by atoms with E-state index in [-0.39, 0.29) is 41.8 Å². The van der Waals surface area contributed by atoms with Crippen LogP contribution in [0.1, 0.15) is 16.5 Å². The molecular weight excluding hydrogens is 364 g/mol. The van der Waals surface area contributed by atoms with Crippen LogP contribution in [0, 0.1) is 0 Å². The number of nitrogens with zero attached hydrogens (tertiary/aromatic N) is 5. The van der Waals surface area contributed by atoms with Crippen molar-refractivity contribution in [3.63, 3.8) is 0 Å². The number of carbonyl (C=O) groups excluding carboxylic acids is 2. The van der Waals surface area contributed by atoms with E-state index in [0.717, 1.165) is 0 Å². The van der Waals surface area contributed by atoms with Crippen LogP contribution in [-0.2, 0) is 16.4 Å². The summed E-state index contributed by atoms with van der Waals surface area (Å²) in [5.74, 6) is -0.367. The Labute approximate surface area is 151 Å². The maximum atomic E-state index is 12.4. The van der Waals surface area contributed by atoms with Gasteiger partial charge in [0, 0.05) is 40.3 Å². The zero-order valence-corrected chi connectivity index (χ0v) is 15.7. The van der Waals surface area contributed by atoms with E-state index in [9.17, 15) is 18.0 Å². The number of hydrogen-bond donors (Lipinski definition) is 1. The number of aromatic nitrogens is 2. The van der Waals surface area contributed by atoms with Gasteiger partial charge in [0.1, 0.15) is 0 Å². The lowest BCUT2D eigenvalue weighted by Gasteiger charge is -2.44. The maximum Gasteiger partial charge on any atom is 0.319 e. The molecule has 0 radical (unpaired) electrons. The molecule has 3 heterocycles. The number of nitrogens with one attached hydrogen (secondary N) is 1. The van der Waals surface area contributed by atoms with Gasteiger partial charge in [0.25, 0.3) is 11.7 Å². The van der Waals surface area contributed by atoms with Crippen molar-refractivity contribution < 1.29 is 22.5 Å². The molecule has 2 atom stereocenters. The van der Waals surface area contributed by atoms with Crippen LogP contribution in [-0.4, -0.2) is 103 Å². The minimum absolute atomic E-state index is 0.0225. The maximum absolute atomic E-state index is 12.4. The van der Waals surface area contributed by atoms with Crippen LogP contribution < -0.4 is 5.32 Å². The number of amides is 3. The first-order valence-corrected chi connectivity index (χ1v) is 10.0. The van der Waals surface area contributed by atoms with Crippen molar-refractivity contribution in [1.29, 1.82) is 0 Å². The fourth-order valence-electron chi connectivity index (χ4n) is 3.41. The smallest absolute Gasteiger partial charge is 0.319 e. The quantitative estimate of drug-likeness (QED) is 0.657. The zero-order valence-electron chi connectivity index (χ0n) is 14.9. The summed E-state index contributed by atoms with van der Waals surface area (Å²) in [6, 6.07) is -0.950. The molecule has 1 aromatic heterocycles. The molecule has 144 valence electrons. The van der Waals surface area contributed by atoms with Crippen LogP contribution in [0.15, 0.2) is 4.52 Å². The number of fused-ring (bicyclic) bond motifs is 1. The Bertz CT molecular complexity index is 807.